The van der Waals surface area contributed by atoms with E-state index in [-0.39, 0.29) is 18.3 Å². The minimum Gasteiger partial charge on any atom is -0.363 e. The number of hydrogen-bond acceptors (Lipinski definition) is 5. The Labute approximate surface area is 148 Å². The molecule has 1 N–H and O–H groups in total. The summed E-state index contributed by atoms with van der Waals surface area (Å²) < 4.78 is 41.1. The molecule has 1 aromatic carbocycles. The molecule has 0 aliphatic carbocycles. The number of fused-ring (bicyclic) bond motifs is 1. The van der Waals surface area contributed by atoms with Crippen LogP contribution in [0.1, 0.15) is 17.1 Å². The molecule has 3 aromatic rings. The molecule has 6 nitrogen and oxygen atoms in total. The SMILES string of the molecule is Cc1ccc2c(c1)nc(CNc1nc(N(C)C)cc(C(F)(F)F)n1)n2C. The third-order valence-corrected chi connectivity index (χ3v) is 3.99. The minimum absolute atomic E-state index is 0.0910. The van der Waals surface area contributed by atoms with Gasteiger partial charge in [-0.25, -0.2) is 9.97 Å². The van der Waals surface area contributed by atoms with Crippen molar-refractivity contribution in [3.63, 3.8) is 0 Å². The molecule has 2 aromatic heterocycles. The first kappa shape index (κ1) is 18.0. The maximum Gasteiger partial charge on any atom is 0.433 e. The van der Waals surface area contributed by atoms with Crippen LogP contribution < -0.4 is 10.2 Å². The predicted octanol–water partition coefficient (Wildman–Crippen LogP) is 3.37. The lowest BCUT2D eigenvalue weighted by Crippen LogP contribution is -2.18. The smallest absolute Gasteiger partial charge is 0.363 e. The van der Waals surface area contributed by atoms with Crippen LogP contribution >= 0.6 is 0 Å². The van der Waals surface area contributed by atoms with Gasteiger partial charge in [0.15, 0.2) is 5.69 Å². The van der Waals surface area contributed by atoms with Crippen molar-refractivity contribution < 1.29 is 13.2 Å². The van der Waals surface area contributed by atoms with Crippen molar-refractivity contribution in [2.24, 2.45) is 7.05 Å². The molecule has 0 saturated carbocycles. The Morgan fingerprint density at radius 2 is 1.85 bits per heavy atom. The van der Waals surface area contributed by atoms with E-state index in [0.29, 0.717) is 5.82 Å². The lowest BCUT2D eigenvalue weighted by Gasteiger charge is -2.15. The van der Waals surface area contributed by atoms with Crippen LogP contribution in [-0.2, 0) is 19.8 Å². The van der Waals surface area contributed by atoms with E-state index in [1.807, 2.05) is 36.7 Å². The average Bonchev–Trinajstić information content (AvgIpc) is 2.87. The Bertz CT molecular complexity index is 946. The molecule has 0 atom stereocenters. The van der Waals surface area contributed by atoms with Crippen molar-refractivity contribution in [2.45, 2.75) is 19.6 Å². The van der Waals surface area contributed by atoms with Crippen LogP contribution in [0, 0.1) is 6.92 Å². The molecule has 0 unspecified atom stereocenters. The molecular formula is C17H19F3N6. The first-order valence-electron chi connectivity index (χ1n) is 7.94. The van der Waals surface area contributed by atoms with Crippen LogP contribution in [0.25, 0.3) is 11.0 Å². The molecule has 26 heavy (non-hydrogen) atoms. The standard InChI is InChI=1S/C17H19F3N6/c1-10-5-6-12-11(7-10)22-15(26(12)4)9-21-16-23-13(17(18,19)20)8-14(24-16)25(2)3/h5-8H,9H2,1-4H3,(H,21,23,24). The Hall–Kier alpha value is -2.84. The molecule has 0 bridgehead atoms. The highest BCUT2D eigenvalue weighted by molar-refractivity contribution is 5.76. The normalized spacial score (nSPS) is 11.8. The number of imidazole rings is 1. The van der Waals surface area contributed by atoms with E-state index < -0.39 is 11.9 Å². The molecule has 0 aliphatic rings. The predicted molar refractivity (Wildman–Crippen MR) is 94.1 cm³/mol. The molecular weight excluding hydrogens is 345 g/mol. The lowest BCUT2D eigenvalue weighted by molar-refractivity contribution is -0.141. The van der Waals surface area contributed by atoms with Gasteiger partial charge < -0.3 is 14.8 Å². The molecule has 3 rings (SSSR count). The van der Waals surface area contributed by atoms with Crippen LogP contribution in [0.2, 0.25) is 0 Å². The Morgan fingerprint density at radius 1 is 1.12 bits per heavy atom. The maximum atomic E-state index is 13.1. The summed E-state index contributed by atoms with van der Waals surface area (Å²) in [5.41, 5.74) is 1.89. The molecule has 0 amide bonds. The second kappa shape index (κ2) is 6.47. The third-order valence-electron chi connectivity index (χ3n) is 3.99. The lowest BCUT2D eigenvalue weighted by atomic mass is 10.2. The van der Waals surface area contributed by atoms with Gasteiger partial charge in [-0.15, -0.1) is 0 Å². The average molecular weight is 364 g/mol. The highest BCUT2D eigenvalue weighted by Gasteiger charge is 2.34. The summed E-state index contributed by atoms with van der Waals surface area (Å²) in [5, 5.41) is 2.85. The monoisotopic (exact) mass is 364 g/mol. The Kier molecular flexibility index (Phi) is 4.47. The number of hydrogen-bond donors (Lipinski definition) is 1. The van der Waals surface area contributed by atoms with Crippen molar-refractivity contribution in [2.75, 3.05) is 24.3 Å². The van der Waals surface area contributed by atoms with Crippen LogP contribution in [0.15, 0.2) is 24.3 Å². The number of nitrogens with zero attached hydrogens (tertiary/aromatic N) is 5. The Morgan fingerprint density at radius 3 is 2.50 bits per heavy atom. The van der Waals surface area contributed by atoms with E-state index in [2.05, 4.69) is 20.3 Å². The third kappa shape index (κ3) is 3.56. The number of aryl methyl sites for hydroxylation is 2. The molecule has 9 heteroatoms. The highest BCUT2D eigenvalue weighted by Crippen LogP contribution is 2.30. The second-order valence-corrected chi connectivity index (χ2v) is 6.26. The van der Waals surface area contributed by atoms with E-state index in [1.165, 1.54) is 4.90 Å². The number of rotatable bonds is 4. The van der Waals surface area contributed by atoms with E-state index in [1.54, 1.807) is 14.1 Å². The van der Waals surface area contributed by atoms with E-state index >= 15 is 0 Å². The summed E-state index contributed by atoms with van der Waals surface area (Å²) in [4.78, 5) is 13.7. The summed E-state index contributed by atoms with van der Waals surface area (Å²) in [6, 6.07) is 6.83. The molecule has 0 radical (unpaired) electrons. The van der Waals surface area contributed by atoms with Gasteiger partial charge in [0.1, 0.15) is 11.6 Å². The van der Waals surface area contributed by atoms with Gasteiger partial charge in [-0.2, -0.15) is 18.2 Å². The topological polar surface area (TPSA) is 58.9 Å². The van der Waals surface area contributed by atoms with Gasteiger partial charge in [0.2, 0.25) is 5.95 Å². The summed E-state index contributed by atoms with van der Waals surface area (Å²) in [5.74, 6) is 0.764. The van der Waals surface area contributed by atoms with Crippen molar-refractivity contribution in [1.82, 2.24) is 19.5 Å². The summed E-state index contributed by atoms with van der Waals surface area (Å²) in [7, 11) is 5.11. The fraction of sp³-hybridized carbons (Fsp3) is 0.353. The second-order valence-electron chi connectivity index (χ2n) is 6.26. The minimum atomic E-state index is -4.54. The quantitative estimate of drug-likeness (QED) is 0.769. The number of nitrogens with one attached hydrogen (secondary N) is 1. The molecule has 138 valence electrons. The summed E-state index contributed by atoms with van der Waals surface area (Å²) >= 11 is 0. The van der Waals surface area contributed by atoms with Crippen molar-refractivity contribution >= 4 is 22.8 Å². The number of anilines is 2. The zero-order valence-corrected chi connectivity index (χ0v) is 14.9. The van der Waals surface area contributed by atoms with Gasteiger partial charge in [-0.1, -0.05) is 6.07 Å². The van der Waals surface area contributed by atoms with Crippen LogP contribution in [0.3, 0.4) is 0 Å². The molecule has 0 spiro atoms. The molecule has 0 saturated heterocycles. The Balaban J connectivity index is 1.90. The zero-order chi connectivity index (χ0) is 19.1. The highest BCUT2D eigenvalue weighted by atomic mass is 19.4. The number of halogens is 3. The summed E-state index contributed by atoms with van der Waals surface area (Å²) in [6.45, 7) is 2.18. The fourth-order valence-electron chi connectivity index (χ4n) is 2.56. The van der Waals surface area contributed by atoms with Gasteiger partial charge in [-0.05, 0) is 24.6 Å². The van der Waals surface area contributed by atoms with Gasteiger partial charge in [-0.3, -0.25) is 0 Å². The first-order valence-corrected chi connectivity index (χ1v) is 7.94. The fourth-order valence-corrected chi connectivity index (χ4v) is 2.56. The van der Waals surface area contributed by atoms with Crippen molar-refractivity contribution in [3.8, 4) is 0 Å². The number of aromatic nitrogens is 4. The first-order chi connectivity index (χ1) is 12.1. The van der Waals surface area contributed by atoms with Gasteiger partial charge in [0.25, 0.3) is 0 Å². The van der Waals surface area contributed by atoms with Crippen molar-refractivity contribution in [3.05, 3.63) is 41.3 Å². The van der Waals surface area contributed by atoms with Crippen molar-refractivity contribution in [1.29, 1.82) is 0 Å². The maximum absolute atomic E-state index is 13.1. The van der Waals surface area contributed by atoms with Gasteiger partial charge in [0.05, 0.1) is 17.6 Å². The van der Waals surface area contributed by atoms with E-state index in [4.69, 9.17) is 0 Å². The number of alkyl halides is 3. The van der Waals surface area contributed by atoms with Gasteiger partial charge >= 0.3 is 6.18 Å². The van der Waals surface area contributed by atoms with Crippen LogP contribution in [-0.4, -0.2) is 33.6 Å². The molecule has 0 aliphatic heterocycles. The zero-order valence-electron chi connectivity index (χ0n) is 14.9. The van der Waals surface area contributed by atoms with E-state index in [9.17, 15) is 13.2 Å². The molecule has 2 heterocycles. The van der Waals surface area contributed by atoms with Crippen LogP contribution in [0.5, 0.6) is 0 Å². The van der Waals surface area contributed by atoms with E-state index in [0.717, 1.165) is 22.7 Å². The molecule has 0 fully saturated rings. The largest absolute Gasteiger partial charge is 0.433 e. The summed E-state index contributed by atoms with van der Waals surface area (Å²) in [6.07, 6.45) is -4.54. The van der Waals surface area contributed by atoms with Gasteiger partial charge in [0, 0.05) is 27.2 Å². The number of benzene rings is 1. The van der Waals surface area contributed by atoms with Crippen LogP contribution in [0.4, 0.5) is 24.9 Å².